The van der Waals surface area contributed by atoms with Gasteiger partial charge in [0.2, 0.25) is 0 Å². The van der Waals surface area contributed by atoms with E-state index in [0.29, 0.717) is 12.1 Å². The summed E-state index contributed by atoms with van der Waals surface area (Å²) in [6.45, 7) is 2.37. The monoisotopic (exact) mass is 335 g/mol. The van der Waals surface area contributed by atoms with Crippen molar-refractivity contribution >= 4 is 44.6 Å². The summed E-state index contributed by atoms with van der Waals surface area (Å²) in [7, 11) is 0. The molecular formula is C14H10BrNO2S. The number of rotatable bonds is 2. The maximum atomic E-state index is 12.1. The largest absolute Gasteiger partial charge is 0.299 e. The first-order chi connectivity index (χ1) is 9.08. The molecule has 0 spiro atoms. The molecule has 0 N–H and O–H groups in total. The zero-order valence-electron chi connectivity index (χ0n) is 10.1. The van der Waals surface area contributed by atoms with E-state index in [1.165, 1.54) is 0 Å². The van der Waals surface area contributed by atoms with Gasteiger partial charge in [0.25, 0.3) is 11.7 Å². The molecule has 1 amide bonds. The van der Waals surface area contributed by atoms with Crippen LogP contribution in [0.15, 0.2) is 34.1 Å². The molecule has 2 aromatic rings. The smallest absolute Gasteiger partial charge is 0.299 e. The Balaban J connectivity index is 2.09. The molecule has 1 aromatic carbocycles. The number of carbonyl (C=O) groups excluding carboxylic acids is 2. The van der Waals surface area contributed by atoms with Gasteiger partial charge in [-0.2, -0.15) is 0 Å². The van der Waals surface area contributed by atoms with Gasteiger partial charge in [0.1, 0.15) is 0 Å². The molecule has 1 aliphatic rings. The number of nitrogens with zero attached hydrogens (tertiary/aromatic N) is 1. The van der Waals surface area contributed by atoms with Gasteiger partial charge in [-0.3, -0.25) is 14.5 Å². The van der Waals surface area contributed by atoms with E-state index in [-0.39, 0.29) is 0 Å². The number of fused-ring (bicyclic) bond motifs is 1. The van der Waals surface area contributed by atoms with Crippen LogP contribution in [0.2, 0.25) is 0 Å². The SMILES string of the molecule is Cc1cc(Br)cc2c1N(Cc1cccs1)C(=O)C2=O. The third kappa shape index (κ3) is 2.03. The molecule has 1 aliphatic heterocycles. The van der Waals surface area contributed by atoms with Gasteiger partial charge >= 0.3 is 0 Å². The maximum absolute atomic E-state index is 12.1. The summed E-state index contributed by atoms with van der Waals surface area (Å²) in [5.41, 5.74) is 2.17. The predicted octanol–water partition coefficient (Wildman–Crippen LogP) is 3.55. The van der Waals surface area contributed by atoms with E-state index in [1.54, 1.807) is 22.3 Å². The number of benzene rings is 1. The Morgan fingerprint density at radius 1 is 1.32 bits per heavy atom. The van der Waals surface area contributed by atoms with Crippen LogP contribution < -0.4 is 4.90 Å². The first kappa shape index (κ1) is 12.6. The highest BCUT2D eigenvalue weighted by molar-refractivity contribution is 9.10. The standard InChI is InChI=1S/C14H10BrNO2S/c1-8-5-9(15)6-11-12(8)16(14(18)13(11)17)7-10-3-2-4-19-10/h2-6H,7H2,1H3. The van der Waals surface area contributed by atoms with Crippen LogP contribution in [0.5, 0.6) is 0 Å². The lowest BCUT2D eigenvalue weighted by Crippen LogP contribution is -2.29. The Morgan fingerprint density at radius 3 is 2.79 bits per heavy atom. The van der Waals surface area contributed by atoms with Crippen LogP contribution >= 0.6 is 27.3 Å². The van der Waals surface area contributed by atoms with E-state index in [4.69, 9.17) is 0 Å². The molecule has 5 heteroatoms. The Labute approximate surface area is 123 Å². The fourth-order valence-electron chi connectivity index (χ4n) is 2.32. The summed E-state index contributed by atoms with van der Waals surface area (Å²) >= 11 is 4.95. The fraction of sp³-hybridized carbons (Fsp3) is 0.143. The van der Waals surface area contributed by atoms with Crippen molar-refractivity contribution in [3.05, 3.63) is 50.1 Å². The van der Waals surface area contributed by atoms with Crippen molar-refractivity contribution in [2.24, 2.45) is 0 Å². The molecule has 96 valence electrons. The van der Waals surface area contributed by atoms with Crippen LogP contribution in [0.25, 0.3) is 0 Å². The minimum absolute atomic E-state index is 0.420. The number of hydrogen-bond acceptors (Lipinski definition) is 3. The highest BCUT2D eigenvalue weighted by atomic mass is 79.9. The summed E-state index contributed by atoms with van der Waals surface area (Å²) in [6.07, 6.45) is 0. The van der Waals surface area contributed by atoms with Crippen molar-refractivity contribution in [1.29, 1.82) is 0 Å². The zero-order valence-corrected chi connectivity index (χ0v) is 12.5. The summed E-state index contributed by atoms with van der Waals surface area (Å²) < 4.78 is 0.822. The number of thiophene rings is 1. The minimum Gasteiger partial charge on any atom is -0.299 e. The number of carbonyl (C=O) groups is 2. The molecule has 3 rings (SSSR count). The lowest BCUT2D eigenvalue weighted by atomic mass is 10.1. The van der Waals surface area contributed by atoms with Gasteiger partial charge in [0.15, 0.2) is 0 Å². The topological polar surface area (TPSA) is 37.4 Å². The van der Waals surface area contributed by atoms with Crippen molar-refractivity contribution in [1.82, 2.24) is 0 Å². The van der Waals surface area contributed by atoms with E-state index in [9.17, 15) is 9.59 Å². The number of halogens is 1. The molecule has 1 aromatic heterocycles. The van der Waals surface area contributed by atoms with Crippen LogP contribution in [0.3, 0.4) is 0 Å². The third-order valence-corrected chi connectivity index (χ3v) is 4.43. The van der Waals surface area contributed by atoms with E-state index in [1.807, 2.05) is 30.5 Å². The lowest BCUT2D eigenvalue weighted by Gasteiger charge is -2.17. The zero-order chi connectivity index (χ0) is 13.6. The molecule has 0 aliphatic carbocycles. The second kappa shape index (κ2) is 4.58. The van der Waals surface area contributed by atoms with Crippen molar-refractivity contribution in [2.75, 3.05) is 4.90 Å². The molecule has 2 heterocycles. The van der Waals surface area contributed by atoms with Crippen molar-refractivity contribution in [2.45, 2.75) is 13.5 Å². The molecule has 0 bridgehead atoms. The highest BCUT2D eigenvalue weighted by Gasteiger charge is 2.37. The van der Waals surface area contributed by atoms with Gasteiger partial charge in [-0.05, 0) is 36.1 Å². The van der Waals surface area contributed by atoms with Gasteiger partial charge in [-0.1, -0.05) is 22.0 Å². The number of anilines is 1. The molecule has 0 fully saturated rings. The summed E-state index contributed by atoms with van der Waals surface area (Å²) in [6, 6.07) is 7.55. The number of hydrogen-bond donors (Lipinski definition) is 0. The Morgan fingerprint density at radius 2 is 2.11 bits per heavy atom. The normalized spacial score (nSPS) is 14.1. The summed E-state index contributed by atoms with van der Waals surface area (Å²) in [4.78, 5) is 26.8. The van der Waals surface area contributed by atoms with Gasteiger partial charge in [0.05, 0.1) is 17.8 Å². The Hall–Kier alpha value is -1.46. The Bertz CT molecular complexity index is 679. The predicted molar refractivity (Wildman–Crippen MR) is 78.7 cm³/mol. The number of amides is 1. The lowest BCUT2D eigenvalue weighted by molar-refractivity contribution is -0.114. The molecule has 3 nitrogen and oxygen atoms in total. The molecule has 0 atom stereocenters. The first-order valence-electron chi connectivity index (χ1n) is 5.76. The second-order valence-corrected chi connectivity index (χ2v) is 6.37. The molecular weight excluding hydrogens is 326 g/mol. The first-order valence-corrected chi connectivity index (χ1v) is 7.44. The molecule has 0 saturated carbocycles. The van der Waals surface area contributed by atoms with E-state index in [0.717, 1.165) is 20.6 Å². The third-order valence-electron chi connectivity index (χ3n) is 3.11. The number of aryl methyl sites for hydroxylation is 1. The average Bonchev–Trinajstić information content (AvgIpc) is 2.93. The van der Waals surface area contributed by atoms with Gasteiger partial charge in [-0.15, -0.1) is 11.3 Å². The van der Waals surface area contributed by atoms with Crippen molar-refractivity contribution in [3.63, 3.8) is 0 Å². The summed E-state index contributed by atoms with van der Waals surface area (Å²) in [5.74, 6) is -0.861. The summed E-state index contributed by atoms with van der Waals surface area (Å²) in [5, 5.41) is 1.97. The van der Waals surface area contributed by atoms with E-state index >= 15 is 0 Å². The minimum atomic E-state index is -0.440. The number of ketones is 1. The van der Waals surface area contributed by atoms with Crippen LogP contribution in [0, 0.1) is 6.92 Å². The molecule has 0 saturated heterocycles. The van der Waals surface area contributed by atoms with Crippen LogP contribution in [-0.2, 0) is 11.3 Å². The van der Waals surface area contributed by atoms with Crippen LogP contribution in [-0.4, -0.2) is 11.7 Å². The van der Waals surface area contributed by atoms with E-state index in [2.05, 4.69) is 15.9 Å². The average molecular weight is 336 g/mol. The van der Waals surface area contributed by atoms with Crippen LogP contribution in [0.1, 0.15) is 20.8 Å². The highest BCUT2D eigenvalue weighted by Crippen LogP contribution is 2.36. The maximum Gasteiger partial charge on any atom is 0.299 e. The van der Waals surface area contributed by atoms with Gasteiger partial charge in [0, 0.05) is 9.35 Å². The van der Waals surface area contributed by atoms with Crippen molar-refractivity contribution in [3.8, 4) is 0 Å². The quantitative estimate of drug-likeness (QED) is 0.787. The van der Waals surface area contributed by atoms with E-state index < -0.39 is 11.7 Å². The fourth-order valence-corrected chi connectivity index (χ4v) is 3.58. The number of Topliss-reactive ketones (excluding diaryl/α,β-unsaturated/α-hetero) is 1. The Kier molecular flexibility index (Phi) is 3.03. The van der Waals surface area contributed by atoms with Crippen LogP contribution in [0.4, 0.5) is 5.69 Å². The molecule has 19 heavy (non-hydrogen) atoms. The second-order valence-electron chi connectivity index (χ2n) is 4.42. The molecule has 0 unspecified atom stereocenters. The van der Waals surface area contributed by atoms with Gasteiger partial charge < -0.3 is 0 Å². The molecule has 0 radical (unpaired) electrons. The van der Waals surface area contributed by atoms with Gasteiger partial charge in [-0.25, -0.2) is 0 Å². The van der Waals surface area contributed by atoms with Crippen molar-refractivity contribution < 1.29 is 9.59 Å².